The molecule has 24 heavy (non-hydrogen) atoms. The van der Waals surface area contributed by atoms with E-state index in [0.717, 1.165) is 5.75 Å². The number of ether oxygens (including phenoxy) is 3. The number of para-hydroxylation sites is 1. The molecule has 0 amide bonds. The summed E-state index contributed by atoms with van der Waals surface area (Å²) >= 11 is 0. The molecule has 1 aliphatic rings. The molecule has 0 radical (unpaired) electrons. The molecule has 0 saturated heterocycles. The van der Waals surface area contributed by atoms with Gasteiger partial charge >= 0.3 is 0 Å². The van der Waals surface area contributed by atoms with Crippen LogP contribution in [-0.2, 0) is 0 Å². The van der Waals surface area contributed by atoms with E-state index in [1.54, 1.807) is 18.2 Å². The third kappa shape index (κ3) is 2.76. The van der Waals surface area contributed by atoms with Crippen LogP contribution in [0.5, 0.6) is 17.2 Å². The van der Waals surface area contributed by atoms with E-state index in [1.165, 1.54) is 12.4 Å². The highest BCUT2D eigenvalue weighted by atomic mass is 19.1. The Balaban J connectivity index is 1.39. The van der Waals surface area contributed by atoms with Crippen molar-refractivity contribution in [2.24, 2.45) is 0 Å². The van der Waals surface area contributed by atoms with E-state index in [9.17, 15) is 4.39 Å². The van der Waals surface area contributed by atoms with E-state index >= 15 is 0 Å². The van der Waals surface area contributed by atoms with E-state index in [0.29, 0.717) is 41.4 Å². The van der Waals surface area contributed by atoms with Gasteiger partial charge in [-0.05, 0) is 24.3 Å². The normalized spacial score (nSPS) is 12.4. The fourth-order valence-corrected chi connectivity index (χ4v) is 2.50. The lowest BCUT2D eigenvalue weighted by atomic mass is 10.2. The molecule has 0 spiro atoms. The number of nitrogens with one attached hydrogen (secondary N) is 1. The Kier molecular flexibility index (Phi) is 3.74. The molecule has 1 aliphatic heterocycles. The maximum atomic E-state index is 13.7. The quantitative estimate of drug-likeness (QED) is 0.727. The second-order valence-electron chi connectivity index (χ2n) is 5.15. The Hall–Kier alpha value is -3.09. The van der Waals surface area contributed by atoms with Gasteiger partial charge in [0.05, 0.1) is 6.54 Å². The Labute approximate surface area is 137 Å². The molecule has 6 nitrogen and oxygen atoms in total. The summed E-state index contributed by atoms with van der Waals surface area (Å²) in [5.74, 6) is 2.30. The Bertz CT molecular complexity index is 888. The highest BCUT2D eigenvalue weighted by Gasteiger charge is 2.13. The van der Waals surface area contributed by atoms with Gasteiger partial charge < -0.3 is 19.5 Å². The van der Waals surface area contributed by atoms with Crippen LogP contribution in [0.25, 0.3) is 10.9 Å². The molecule has 1 N–H and O–H groups in total. The number of nitrogens with zero attached hydrogens (tertiary/aromatic N) is 2. The van der Waals surface area contributed by atoms with Crippen molar-refractivity contribution < 1.29 is 18.6 Å². The van der Waals surface area contributed by atoms with Gasteiger partial charge in [-0.25, -0.2) is 14.4 Å². The molecule has 4 rings (SSSR count). The smallest absolute Gasteiger partial charge is 0.231 e. The minimum Gasteiger partial charge on any atom is -0.492 e. The number of rotatable bonds is 5. The van der Waals surface area contributed by atoms with Gasteiger partial charge in [0.25, 0.3) is 0 Å². The molecule has 0 atom stereocenters. The fourth-order valence-electron chi connectivity index (χ4n) is 2.50. The fraction of sp³-hybridized carbons (Fsp3) is 0.176. The predicted molar refractivity (Wildman–Crippen MR) is 86.0 cm³/mol. The first-order valence-electron chi connectivity index (χ1n) is 7.47. The summed E-state index contributed by atoms with van der Waals surface area (Å²) < 4.78 is 29.9. The van der Waals surface area contributed by atoms with Crippen LogP contribution in [0.3, 0.4) is 0 Å². The number of aromatic nitrogens is 2. The molecule has 2 aromatic carbocycles. The van der Waals surface area contributed by atoms with Crippen molar-refractivity contribution in [3.05, 3.63) is 48.5 Å². The first kappa shape index (κ1) is 14.5. The second-order valence-corrected chi connectivity index (χ2v) is 5.15. The zero-order valence-corrected chi connectivity index (χ0v) is 12.7. The van der Waals surface area contributed by atoms with Crippen LogP contribution in [-0.4, -0.2) is 29.9 Å². The van der Waals surface area contributed by atoms with E-state index in [-0.39, 0.29) is 12.6 Å². The summed E-state index contributed by atoms with van der Waals surface area (Å²) in [6.07, 6.45) is 1.34. The van der Waals surface area contributed by atoms with Crippen LogP contribution < -0.4 is 19.5 Å². The maximum absolute atomic E-state index is 13.7. The molecule has 0 unspecified atom stereocenters. The number of hydrogen-bond acceptors (Lipinski definition) is 6. The number of anilines is 1. The van der Waals surface area contributed by atoms with Gasteiger partial charge in [0, 0.05) is 11.5 Å². The average molecular weight is 327 g/mol. The molecule has 1 aromatic heterocycles. The number of hydrogen-bond donors (Lipinski definition) is 1. The molecule has 0 fully saturated rings. The van der Waals surface area contributed by atoms with Gasteiger partial charge in [-0.1, -0.05) is 6.07 Å². The molecular weight excluding hydrogens is 313 g/mol. The minimum atomic E-state index is -0.366. The summed E-state index contributed by atoms with van der Waals surface area (Å²) in [6.45, 7) is 1.16. The molecule has 0 saturated carbocycles. The maximum Gasteiger partial charge on any atom is 0.231 e. The summed E-state index contributed by atoms with van der Waals surface area (Å²) in [5, 5.41) is 3.78. The second kappa shape index (κ2) is 6.19. The van der Waals surface area contributed by atoms with Crippen molar-refractivity contribution >= 4 is 16.7 Å². The minimum absolute atomic E-state index is 0.234. The Morgan fingerprint density at radius 2 is 2.04 bits per heavy atom. The van der Waals surface area contributed by atoms with Crippen LogP contribution in [0.2, 0.25) is 0 Å². The third-order valence-electron chi connectivity index (χ3n) is 3.62. The Morgan fingerprint density at radius 1 is 1.12 bits per heavy atom. The van der Waals surface area contributed by atoms with Crippen LogP contribution in [0.4, 0.5) is 10.2 Å². The molecule has 122 valence electrons. The van der Waals surface area contributed by atoms with Crippen molar-refractivity contribution in [1.82, 2.24) is 9.97 Å². The molecule has 0 bridgehead atoms. The molecule has 0 aliphatic carbocycles. The van der Waals surface area contributed by atoms with Gasteiger partial charge in [-0.2, -0.15) is 0 Å². The third-order valence-corrected chi connectivity index (χ3v) is 3.62. The number of benzene rings is 2. The standard InChI is InChI=1S/C17H14FN3O3/c18-13-3-1-2-12-16(13)20-9-21-17(12)19-6-7-22-11-4-5-14-15(8-11)24-10-23-14/h1-5,8-9H,6-7,10H2,(H,19,20,21). The highest BCUT2D eigenvalue weighted by molar-refractivity contribution is 5.89. The first-order chi connectivity index (χ1) is 11.8. The van der Waals surface area contributed by atoms with Crippen molar-refractivity contribution in [2.45, 2.75) is 0 Å². The van der Waals surface area contributed by atoms with Crippen molar-refractivity contribution in [2.75, 3.05) is 25.3 Å². The zero-order valence-electron chi connectivity index (χ0n) is 12.7. The van der Waals surface area contributed by atoms with Crippen LogP contribution >= 0.6 is 0 Å². The van der Waals surface area contributed by atoms with E-state index < -0.39 is 0 Å². The van der Waals surface area contributed by atoms with Crippen molar-refractivity contribution in [3.8, 4) is 17.2 Å². The molecular formula is C17H14FN3O3. The lowest BCUT2D eigenvalue weighted by Gasteiger charge is -2.10. The SMILES string of the molecule is Fc1cccc2c(NCCOc3ccc4c(c3)OCO4)ncnc12. The van der Waals surface area contributed by atoms with Crippen molar-refractivity contribution in [1.29, 1.82) is 0 Å². The monoisotopic (exact) mass is 327 g/mol. The first-order valence-corrected chi connectivity index (χ1v) is 7.47. The van der Waals surface area contributed by atoms with Crippen LogP contribution in [0.1, 0.15) is 0 Å². The van der Waals surface area contributed by atoms with Gasteiger partial charge in [-0.3, -0.25) is 0 Å². The van der Waals surface area contributed by atoms with Gasteiger partial charge in [-0.15, -0.1) is 0 Å². The lowest BCUT2D eigenvalue weighted by Crippen LogP contribution is -2.12. The zero-order chi connectivity index (χ0) is 16.4. The number of fused-ring (bicyclic) bond motifs is 2. The van der Waals surface area contributed by atoms with Crippen LogP contribution in [0, 0.1) is 5.82 Å². The van der Waals surface area contributed by atoms with Crippen molar-refractivity contribution in [3.63, 3.8) is 0 Å². The van der Waals surface area contributed by atoms with Gasteiger partial charge in [0.2, 0.25) is 6.79 Å². The van der Waals surface area contributed by atoms with Crippen LogP contribution in [0.15, 0.2) is 42.7 Å². The number of halogens is 1. The predicted octanol–water partition coefficient (Wildman–Crippen LogP) is 2.99. The average Bonchev–Trinajstić information content (AvgIpc) is 3.07. The summed E-state index contributed by atoms with van der Waals surface area (Å²) in [6, 6.07) is 10.2. The summed E-state index contributed by atoms with van der Waals surface area (Å²) in [7, 11) is 0. The topological polar surface area (TPSA) is 65.5 Å². The largest absolute Gasteiger partial charge is 0.492 e. The summed E-state index contributed by atoms with van der Waals surface area (Å²) in [5.41, 5.74) is 0.298. The van der Waals surface area contributed by atoms with Gasteiger partial charge in [0.1, 0.15) is 35.8 Å². The lowest BCUT2D eigenvalue weighted by molar-refractivity contribution is 0.174. The van der Waals surface area contributed by atoms with E-state index in [2.05, 4.69) is 15.3 Å². The molecule has 2 heterocycles. The van der Waals surface area contributed by atoms with E-state index in [4.69, 9.17) is 14.2 Å². The highest BCUT2D eigenvalue weighted by Crippen LogP contribution is 2.35. The Morgan fingerprint density at radius 3 is 3.00 bits per heavy atom. The molecule has 3 aromatic rings. The van der Waals surface area contributed by atoms with E-state index in [1.807, 2.05) is 12.1 Å². The van der Waals surface area contributed by atoms with Gasteiger partial charge in [0.15, 0.2) is 11.5 Å². The summed E-state index contributed by atoms with van der Waals surface area (Å²) in [4.78, 5) is 8.13. The molecule has 7 heteroatoms.